The Balaban J connectivity index is 1.57. The Morgan fingerprint density at radius 2 is 1.84 bits per heavy atom. The minimum absolute atomic E-state index is 0.221. The van der Waals surface area contributed by atoms with E-state index in [0.29, 0.717) is 17.1 Å². The molecule has 0 saturated heterocycles. The van der Waals surface area contributed by atoms with E-state index in [2.05, 4.69) is 10.5 Å². The van der Waals surface area contributed by atoms with Gasteiger partial charge in [-0.25, -0.2) is 10.2 Å². The zero-order valence-corrected chi connectivity index (χ0v) is 17.0. The number of halogens is 3. The standard InChI is InChI=1S/C23H19F3N2O4/c1-2-31-22(30)17-8-6-16(7-9-17)20-11-10-19(32-20)14-27-28-21(29)13-15-4-3-5-18(12-15)23(24,25)26/h3-12,14H,2,13H2,1H3,(H,28,29)/b27-14+. The third-order valence-corrected chi connectivity index (χ3v) is 4.31. The summed E-state index contributed by atoms with van der Waals surface area (Å²) in [7, 11) is 0. The molecule has 166 valence electrons. The van der Waals surface area contributed by atoms with Crippen LogP contribution in [0.3, 0.4) is 0 Å². The van der Waals surface area contributed by atoms with Gasteiger partial charge in [0.2, 0.25) is 5.91 Å². The molecule has 0 atom stereocenters. The molecule has 0 bridgehead atoms. The van der Waals surface area contributed by atoms with Crippen LogP contribution in [0.5, 0.6) is 0 Å². The van der Waals surface area contributed by atoms with Gasteiger partial charge < -0.3 is 9.15 Å². The highest BCUT2D eigenvalue weighted by molar-refractivity contribution is 5.90. The summed E-state index contributed by atoms with van der Waals surface area (Å²) in [5.74, 6) is -0.0971. The van der Waals surface area contributed by atoms with E-state index in [0.717, 1.165) is 17.7 Å². The topological polar surface area (TPSA) is 80.9 Å². The first-order valence-corrected chi connectivity index (χ1v) is 9.61. The first-order chi connectivity index (χ1) is 15.3. The van der Waals surface area contributed by atoms with Crippen LogP contribution in [-0.4, -0.2) is 24.7 Å². The van der Waals surface area contributed by atoms with E-state index in [9.17, 15) is 22.8 Å². The normalized spacial score (nSPS) is 11.5. The molecule has 2 aromatic carbocycles. The predicted molar refractivity (Wildman–Crippen MR) is 111 cm³/mol. The zero-order valence-electron chi connectivity index (χ0n) is 17.0. The number of hydrogen-bond acceptors (Lipinski definition) is 5. The maximum absolute atomic E-state index is 12.8. The molecule has 0 saturated carbocycles. The van der Waals surface area contributed by atoms with E-state index in [1.54, 1.807) is 43.3 Å². The van der Waals surface area contributed by atoms with Gasteiger partial charge in [-0.15, -0.1) is 0 Å². The van der Waals surface area contributed by atoms with Crippen molar-refractivity contribution in [2.24, 2.45) is 5.10 Å². The lowest BCUT2D eigenvalue weighted by Crippen LogP contribution is -2.20. The Kier molecular flexibility index (Phi) is 7.09. The molecule has 0 aliphatic carbocycles. The first kappa shape index (κ1) is 22.8. The highest BCUT2D eigenvalue weighted by Gasteiger charge is 2.30. The number of furan rings is 1. The number of amides is 1. The number of esters is 1. The Labute approximate surface area is 181 Å². The van der Waals surface area contributed by atoms with Gasteiger partial charge >= 0.3 is 12.1 Å². The molecule has 0 aliphatic rings. The maximum Gasteiger partial charge on any atom is 0.416 e. The number of hydrogen-bond donors (Lipinski definition) is 1. The van der Waals surface area contributed by atoms with Crippen molar-refractivity contribution in [2.75, 3.05) is 6.61 Å². The van der Waals surface area contributed by atoms with Crippen LogP contribution in [-0.2, 0) is 22.1 Å². The van der Waals surface area contributed by atoms with Gasteiger partial charge in [0.15, 0.2) is 0 Å². The molecule has 1 N–H and O–H groups in total. The Bertz CT molecular complexity index is 1120. The van der Waals surface area contributed by atoms with E-state index in [1.165, 1.54) is 18.3 Å². The second-order valence-corrected chi connectivity index (χ2v) is 6.67. The maximum atomic E-state index is 12.8. The summed E-state index contributed by atoms with van der Waals surface area (Å²) >= 11 is 0. The van der Waals surface area contributed by atoms with E-state index < -0.39 is 23.6 Å². The minimum atomic E-state index is -4.47. The van der Waals surface area contributed by atoms with Gasteiger partial charge in [0.1, 0.15) is 11.5 Å². The van der Waals surface area contributed by atoms with Gasteiger partial charge in [0.05, 0.1) is 30.4 Å². The summed E-state index contributed by atoms with van der Waals surface area (Å²) < 4.78 is 48.8. The van der Waals surface area contributed by atoms with Crippen molar-refractivity contribution < 1.29 is 31.9 Å². The van der Waals surface area contributed by atoms with Crippen LogP contribution >= 0.6 is 0 Å². The van der Waals surface area contributed by atoms with Crippen molar-refractivity contribution in [1.82, 2.24) is 5.43 Å². The average molecular weight is 444 g/mol. The fourth-order valence-corrected chi connectivity index (χ4v) is 2.81. The van der Waals surface area contributed by atoms with E-state index in [1.807, 2.05) is 0 Å². The van der Waals surface area contributed by atoms with Crippen molar-refractivity contribution in [1.29, 1.82) is 0 Å². The molecule has 9 heteroatoms. The lowest BCUT2D eigenvalue weighted by Gasteiger charge is -2.08. The number of carbonyl (C=O) groups is 2. The number of rotatable bonds is 7. The minimum Gasteiger partial charge on any atom is -0.462 e. The monoisotopic (exact) mass is 444 g/mol. The summed E-state index contributed by atoms with van der Waals surface area (Å²) in [4.78, 5) is 23.6. The number of alkyl halides is 3. The highest BCUT2D eigenvalue weighted by Crippen LogP contribution is 2.29. The summed E-state index contributed by atoms with van der Waals surface area (Å²) in [6, 6.07) is 14.6. The Morgan fingerprint density at radius 3 is 2.53 bits per heavy atom. The van der Waals surface area contributed by atoms with Crippen molar-refractivity contribution in [2.45, 2.75) is 19.5 Å². The number of nitrogens with zero attached hydrogens (tertiary/aromatic N) is 1. The average Bonchev–Trinajstić information content (AvgIpc) is 3.22. The fourth-order valence-electron chi connectivity index (χ4n) is 2.81. The molecular weight excluding hydrogens is 425 g/mol. The van der Waals surface area contributed by atoms with E-state index in [-0.39, 0.29) is 18.6 Å². The largest absolute Gasteiger partial charge is 0.462 e. The number of carbonyl (C=O) groups excluding carboxylic acids is 2. The molecular formula is C23H19F3N2O4. The Morgan fingerprint density at radius 1 is 1.09 bits per heavy atom. The molecule has 0 unspecified atom stereocenters. The van der Waals surface area contributed by atoms with E-state index in [4.69, 9.17) is 9.15 Å². The number of hydrazone groups is 1. The molecule has 0 fully saturated rings. The van der Waals surface area contributed by atoms with Gasteiger partial charge in [-0.05, 0) is 42.8 Å². The van der Waals surface area contributed by atoms with Gasteiger partial charge in [-0.3, -0.25) is 4.79 Å². The van der Waals surface area contributed by atoms with Crippen molar-refractivity contribution in [3.05, 3.63) is 83.1 Å². The summed E-state index contributed by atoms with van der Waals surface area (Å²) in [5.41, 5.74) is 2.81. The van der Waals surface area contributed by atoms with E-state index >= 15 is 0 Å². The smallest absolute Gasteiger partial charge is 0.416 e. The van der Waals surface area contributed by atoms with Crippen LogP contribution in [0.1, 0.15) is 34.2 Å². The molecule has 6 nitrogen and oxygen atoms in total. The highest BCUT2D eigenvalue weighted by atomic mass is 19.4. The van der Waals surface area contributed by atoms with Gasteiger partial charge in [0, 0.05) is 5.56 Å². The fraction of sp³-hybridized carbons (Fsp3) is 0.174. The first-order valence-electron chi connectivity index (χ1n) is 9.61. The molecule has 1 amide bonds. The van der Waals surface area contributed by atoms with Crippen LogP contribution < -0.4 is 5.43 Å². The molecule has 0 spiro atoms. The van der Waals surface area contributed by atoms with Crippen molar-refractivity contribution in [3.63, 3.8) is 0 Å². The number of nitrogens with one attached hydrogen (secondary N) is 1. The predicted octanol–water partition coefficient (Wildman–Crippen LogP) is 4.83. The molecule has 0 radical (unpaired) electrons. The number of benzene rings is 2. The second kappa shape index (κ2) is 9.95. The van der Waals surface area contributed by atoms with Crippen LogP contribution in [0.2, 0.25) is 0 Å². The van der Waals surface area contributed by atoms with Crippen molar-refractivity contribution >= 4 is 18.1 Å². The molecule has 1 heterocycles. The molecule has 3 rings (SSSR count). The van der Waals surface area contributed by atoms with Crippen LogP contribution in [0.4, 0.5) is 13.2 Å². The summed E-state index contributed by atoms with van der Waals surface area (Å²) in [6.07, 6.45) is -3.45. The Hall–Kier alpha value is -3.88. The van der Waals surface area contributed by atoms with Gasteiger partial charge in [0.25, 0.3) is 0 Å². The third-order valence-electron chi connectivity index (χ3n) is 4.31. The van der Waals surface area contributed by atoms with Gasteiger partial charge in [-0.2, -0.15) is 18.3 Å². The third kappa shape index (κ3) is 6.07. The van der Waals surface area contributed by atoms with Crippen LogP contribution in [0.25, 0.3) is 11.3 Å². The SMILES string of the molecule is CCOC(=O)c1ccc(-c2ccc(/C=N/NC(=O)Cc3cccc(C(F)(F)F)c3)o2)cc1. The number of ether oxygens (including phenoxy) is 1. The lowest BCUT2D eigenvalue weighted by molar-refractivity contribution is -0.137. The summed E-state index contributed by atoms with van der Waals surface area (Å²) in [6.45, 7) is 2.02. The quantitative estimate of drug-likeness (QED) is 0.321. The van der Waals surface area contributed by atoms with Gasteiger partial charge in [-0.1, -0.05) is 30.3 Å². The van der Waals surface area contributed by atoms with Crippen LogP contribution in [0, 0.1) is 0 Å². The zero-order chi connectivity index (χ0) is 23.1. The lowest BCUT2D eigenvalue weighted by atomic mass is 10.1. The molecule has 1 aromatic heterocycles. The second-order valence-electron chi connectivity index (χ2n) is 6.67. The molecule has 32 heavy (non-hydrogen) atoms. The molecule has 0 aliphatic heterocycles. The van der Waals surface area contributed by atoms with Crippen molar-refractivity contribution in [3.8, 4) is 11.3 Å². The summed E-state index contributed by atoms with van der Waals surface area (Å²) in [5, 5.41) is 3.77. The van der Waals surface area contributed by atoms with Crippen LogP contribution in [0.15, 0.2) is 70.2 Å². The molecule has 3 aromatic rings.